The second-order valence-corrected chi connectivity index (χ2v) is 4.09. The van der Waals surface area contributed by atoms with Crippen molar-refractivity contribution in [2.24, 2.45) is 0 Å². The first kappa shape index (κ1) is 12.6. The number of anilines is 2. The Kier molecular flexibility index (Phi) is 3.99. The number of rotatable bonds is 4. The molecule has 1 aromatic heterocycles. The van der Waals surface area contributed by atoms with Crippen LogP contribution in [0.4, 0.5) is 11.5 Å². The maximum atomic E-state index is 5.94. The first-order valence-corrected chi connectivity index (χ1v) is 6.03. The van der Waals surface area contributed by atoms with Crippen molar-refractivity contribution in [1.82, 2.24) is 9.97 Å². The van der Waals surface area contributed by atoms with Crippen molar-refractivity contribution in [3.8, 4) is 5.75 Å². The lowest BCUT2D eigenvalue weighted by Crippen LogP contribution is -1.99. The molecule has 0 radical (unpaired) electrons. The first-order chi connectivity index (χ1) is 8.71. The topological polar surface area (TPSA) is 47.0 Å². The molecule has 0 fully saturated rings. The maximum Gasteiger partial charge on any atom is 0.135 e. The number of halogens is 1. The van der Waals surface area contributed by atoms with Gasteiger partial charge in [-0.3, -0.25) is 0 Å². The normalized spacial score (nSPS) is 10.2. The Hall–Kier alpha value is -1.81. The highest BCUT2D eigenvalue weighted by Gasteiger charge is 2.03. The van der Waals surface area contributed by atoms with E-state index < -0.39 is 0 Å². The van der Waals surface area contributed by atoms with Gasteiger partial charge in [-0.2, -0.15) is 0 Å². The zero-order chi connectivity index (χ0) is 13.0. The molecule has 0 unspecified atom stereocenters. The highest BCUT2D eigenvalue weighted by atomic mass is 35.5. The Balaban J connectivity index is 2.24. The van der Waals surface area contributed by atoms with Gasteiger partial charge in [-0.05, 0) is 12.1 Å². The highest BCUT2D eigenvalue weighted by Crippen LogP contribution is 2.21. The van der Waals surface area contributed by atoms with Crippen molar-refractivity contribution in [3.05, 3.63) is 41.3 Å². The molecule has 0 atom stereocenters. The maximum absolute atomic E-state index is 5.94. The summed E-state index contributed by atoms with van der Waals surface area (Å²) in [5.74, 6) is 2.18. The van der Waals surface area contributed by atoms with E-state index in [9.17, 15) is 0 Å². The zero-order valence-electron chi connectivity index (χ0n) is 10.3. The zero-order valence-corrected chi connectivity index (χ0v) is 11.0. The molecule has 0 aliphatic rings. The van der Waals surface area contributed by atoms with E-state index in [-0.39, 0.29) is 0 Å². The van der Waals surface area contributed by atoms with Crippen LogP contribution in [0.15, 0.2) is 30.3 Å². The van der Waals surface area contributed by atoms with Gasteiger partial charge in [-0.25, -0.2) is 9.97 Å². The molecule has 0 aliphatic heterocycles. The van der Waals surface area contributed by atoms with Gasteiger partial charge in [0.2, 0.25) is 0 Å². The third-order valence-corrected chi connectivity index (χ3v) is 2.59. The summed E-state index contributed by atoms with van der Waals surface area (Å²) in [5, 5.41) is 3.62. The van der Waals surface area contributed by atoms with Gasteiger partial charge in [0.05, 0.1) is 7.11 Å². The molecule has 4 nitrogen and oxygen atoms in total. The fourth-order valence-electron chi connectivity index (χ4n) is 1.54. The Morgan fingerprint density at radius 2 is 2.11 bits per heavy atom. The molecule has 0 amide bonds. The van der Waals surface area contributed by atoms with E-state index in [0.717, 1.165) is 17.9 Å². The monoisotopic (exact) mass is 263 g/mol. The van der Waals surface area contributed by atoms with E-state index in [4.69, 9.17) is 16.3 Å². The van der Waals surface area contributed by atoms with Crippen LogP contribution in [0.2, 0.25) is 5.15 Å². The van der Waals surface area contributed by atoms with Crippen LogP contribution in [0.5, 0.6) is 5.75 Å². The smallest absolute Gasteiger partial charge is 0.135 e. The molecule has 1 N–H and O–H groups in total. The molecular weight excluding hydrogens is 250 g/mol. The number of ether oxygens (including phenoxy) is 1. The molecule has 2 aromatic rings. The second-order valence-electron chi connectivity index (χ2n) is 3.70. The number of aryl methyl sites for hydroxylation is 1. The summed E-state index contributed by atoms with van der Waals surface area (Å²) >= 11 is 5.94. The van der Waals surface area contributed by atoms with Crippen molar-refractivity contribution < 1.29 is 4.74 Å². The lowest BCUT2D eigenvalue weighted by Gasteiger charge is -2.08. The summed E-state index contributed by atoms with van der Waals surface area (Å²) in [7, 11) is 1.63. The van der Waals surface area contributed by atoms with Crippen LogP contribution in [0.3, 0.4) is 0 Å². The van der Waals surface area contributed by atoms with Crippen LogP contribution < -0.4 is 10.1 Å². The molecule has 5 heteroatoms. The van der Waals surface area contributed by atoms with Crippen molar-refractivity contribution in [2.45, 2.75) is 13.3 Å². The molecule has 2 rings (SSSR count). The van der Waals surface area contributed by atoms with Gasteiger partial charge >= 0.3 is 0 Å². The first-order valence-electron chi connectivity index (χ1n) is 5.66. The summed E-state index contributed by atoms with van der Waals surface area (Å²) < 4.78 is 5.16. The Morgan fingerprint density at radius 3 is 2.83 bits per heavy atom. The molecule has 0 aliphatic carbocycles. The lowest BCUT2D eigenvalue weighted by atomic mass is 10.3. The summed E-state index contributed by atoms with van der Waals surface area (Å²) in [6.45, 7) is 1.99. The van der Waals surface area contributed by atoms with Crippen LogP contribution in [0, 0.1) is 0 Å². The number of hydrogen-bond donors (Lipinski definition) is 1. The number of nitrogens with zero attached hydrogens (tertiary/aromatic N) is 2. The van der Waals surface area contributed by atoms with Gasteiger partial charge < -0.3 is 10.1 Å². The molecule has 94 valence electrons. The van der Waals surface area contributed by atoms with Gasteiger partial charge in [0, 0.05) is 24.2 Å². The number of benzene rings is 1. The van der Waals surface area contributed by atoms with Gasteiger partial charge in [0.1, 0.15) is 22.5 Å². The summed E-state index contributed by atoms with van der Waals surface area (Å²) in [6.07, 6.45) is 0.743. The molecule has 0 saturated heterocycles. The van der Waals surface area contributed by atoms with Crippen LogP contribution in [0.25, 0.3) is 0 Å². The van der Waals surface area contributed by atoms with Crippen LogP contribution in [-0.2, 0) is 6.42 Å². The number of hydrogen-bond acceptors (Lipinski definition) is 4. The number of nitrogens with one attached hydrogen (secondary N) is 1. The van der Waals surface area contributed by atoms with Gasteiger partial charge in [-0.1, -0.05) is 24.6 Å². The van der Waals surface area contributed by atoms with Crippen molar-refractivity contribution in [2.75, 3.05) is 12.4 Å². The molecule has 0 saturated carbocycles. The standard InChI is InChI=1S/C13H14ClN3O/c1-3-12-16-11(14)8-13(17-12)15-9-5-4-6-10(7-9)18-2/h4-8H,3H2,1-2H3,(H,15,16,17). The quantitative estimate of drug-likeness (QED) is 0.859. The van der Waals surface area contributed by atoms with E-state index in [1.165, 1.54) is 0 Å². The van der Waals surface area contributed by atoms with E-state index in [1.54, 1.807) is 13.2 Å². The molecule has 0 bridgehead atoms. The van der Waals surface area contributed by atoms with Gasteiger partial charge in [0.25, 0.3) is 0 Å². The predicted octanol–water partition coefficient (Wildman–Crippen LogP) is 3.44. The average Bonchev–Trinajstić information content (AvgIpc) is 2.38. The van der Waals surface area contributed by atoms with Crippen molar-refractivity contribution in [1.29, 1.82) is 0 Å². The molecule has 18 heavy (non-hydrogen) atoms. The summed E-state index contributed by atoms with van der Waals surface area (Å²) in [6, 6.07) is 9.31. The fourth-order valence-corrected chi connectivity index (χ4v) is 1.74. The van der Waals surface area contributed by atoms with Crippen molar-refractivity contribution in [3.63, 3.8) is 0 Å². The molecule has 1 heterocycles. The third kappa shape index (κ3) is 3.11. The van der Waals surface area contributed by atoms with Crippen LogP contribution in [-0.4, -0.2) is 17.1 Å². The Morgan fingerprint density at radius 1 is 1.28 bits per heavy atom. The van der Waals surface area contributed by atoms with Gasteiger partial charge in [0.15, 0.2) is 0 Å². The van der Waals surface area contributed by atoms with E-state index in [2.05, 4.69) is 15.3 Å². The lowest BCUT2D eigenvalue weighted by molar-refractivity contribution is 0.415. The molecule has 0 spiro atoms. The minimum Gasteiger partial charge on any atom is -0.497 e. The number of methoxy groups -OCH3 is 1. The van der Waals surface area contributed by atoms with Crippen molar-refractivity contribution >= 4 is 23.1 Å². The minimum atomic E-state index is 0.437. The van der Waals surface area contributed by atoms with E-state index in [1.807, 2.05) is 31.2 Å². The highest BCUT2D eigenvalue weighted by molar-refractivity contribution is 6.29. The van der Waals surface area contributed by atoms with Crippen LogP contribution >= 0.6 is 11.6 Å². The largest absolute Gasteiger partial charge is 0.497 e. The SMILES string of the molecule is CCc1nc(Cl)cc(Nc2cccc(OC)c2)n1. The summed E-state index contributed by atoms with van der Waals surface area (Å²) in [5.41, 5.74) is 0.895. The summed E-state index contributed by atoms with van der Waals surface area (Å²) in [4.78, 5) is 8.47. The average molecular weight is 264 g/mol. The predicted molar refractivity (Wildman–Crippen MR) is 72.7 cm³/mol. The number of aromatic nitrogens is 2. The second kappa shape index (κ2) is 5.69. The fraction of sp³-hybridized carbons (Fsp3) is 0.231. The van der Waals surface area contributed by atoms with Gasteiger partial charge in [-0.15, -0.1) is 0 Å². The third-order valence-electron chi connectivity index (χ3n) is 2.40. The molecular formula is C13H14ClN3O. The van der Waals surface area contributed by atoms with E-state index in [0.29, 0.717) is 16.8 Å². The van der Waals surface area contributed by atoms with E-state index >= 15 is 0 Å². The molecule has 1 aromatic carbocycles. The minimum absolute atomic E-state index is 0.437. The van der Waals surface area contributed by atoms with Crippen LogP contribution in [0.1, 0.15) is 12.7 Å². The Bertz CT molecular complexity index is 546. The Labute approximate surface area is 111 Å².